The summed E-state index contributed by atoms with van der Waals surface area (Å²) in [4.78, 5) is 38.1. The number of rotatable bonds is 8. The van der Waals surface area contributed by atoms with E-state index in [1.165, 1.54) is 0 Å². The third-order valence-electron chi connectivity index (χ3n) is 5.52. The topological polar surface area (TPSA) is 98.7 Å². The minimum Gasteiger partial charge on any atom is -0.465 e. The molecule has 0 saturated carbocycles. The van der Waals surface area contributed by atoms with Crippen molar-refractivity contribution >= 4 is 41.1 Å². The van der Waals surface area contributed by atoms with Crippen molar-refractivity contribution in [3.05, 3.63) is 69.7 Å². The van der Waals surface area contributed by atoms with Crippen LogP contribution in [0.15, 0.2) is 48.5 Å². The van der Waals surface area contributed by atoms with Gasteiger partial charge in [0.2, 0.25) is 11.8 Å². The van der Waals surface area contributed by atoms with Gasteiger partial charge in [-0.15, -0.1) is 0 Å². The second kappa shape index (κ2) is 11.2. The van der Waals surface area contributed by atoms with Crippen molar-refractivity contribution in [2.75, 3.05) is 26.2 Å². The minimum absolute atomic E-state index is 0.00260. The molecule has 9 heteroatoms. The van der Waals surface area contributed by atoms with Crippen molar-refractivity contribution in [1.82, 2.24) is 15.5 Å². The molecule has 0 aliphatic carbocycles. The summed E-state index contributed by atoms with van der Waals surface area (Å²) < 4.78 is 0. The van der Waals surface area contributed by atoms with Gasteiger partial charge in [0.05, 0.1) is 11.8 Å². The second-order valence-corrected chi connectivity index (χ2v) is 8.61. The Kier molecular flexibility index (Phi) is 8.36. The van der Waals surface area contributed by atoms with Crippen molar-refractivity contribution in [2.45, 2.75) is 12.8 Å². The van der Waals surface area contributed by atoms with Crippen LogP contribution < -0.4 is 10.6 Å². The van der Waals surface area contributed by atoms with Gasteiger partial charge in [0.15, 0.2) is 0 Å². The molecular weight excluding hydrogens is 453 g/mol. The zero-order valence-corrected chi connectivity index (χ0v) is 18.9. The van der Waals surface area contributed by atoms with Gasteiger partial charge in [-0.05, 0) is 48.2 Å². The van der Waals surface area contributed by atoms with E-state index in [4.69, 9.17) is 23.2 Å². The average molecular weight is 478 g/mol. The predicted molar refractivity (Wildman–Crippen MR) is 123 cm³/mol. The second-order valence-electron chi connectivity index (χ2n) is 7.74. The van der Waals surface area contributed by atoms with Crippen LogP contribution in [0, 0.1) is 11.8 Å². The Morgan fingerprint density at radius 2 is 1.16 bits per heavy atom. The first-order valence-electron chi connectivity index (χ1n) is 10.4. The van der Waals surface area contributed by atoms with Gasteiger partial charge in [0.25, 0.3) is 0 Å². The van der Waals surface area contributed by atoms with Crippen LogP contribution in [-0.4, -0.2) is 54.1 Å². The minimum atomic E-state index is -1.14. The number of halogens is 2. The van der Waals surface area contributed by atoms with Crippen LogP contribution in [-0.2, 0) is 22.4 Å². The number of carbonyl (C=O) groups is 3. The van der Waals surface area contributed by atoms with E-state index in [9.17, 15) is 19.5 Å². The summed E-state index contributed by atoms with van der Waals surface area (Å²) >= 11 is 11.8. The summed E-state index contributed by atoms with van der Waals surface area (Å²) in [6.45, 7) is 0.763. The van der Waals surface area contributed by atoms with Gasteiger partial charge in [0.1, 0.15) is 0 Å². The van der Waals surface area contributed by atoms with E-state index in [1.807, 2.05) is 24.3 Å². The Morgan fingerprint density at radius 3 is 1.50 bits per heavy atom. The molecule has 1 aliphatic rings. The van der Waals surface area contributed by atoms with Crippen LogP contribution in [0.3, 0.4) is 0 Å². The zero-order valence-electron chi connectivity index (χ0n) is 17.4. The number of amides is 3. The molecule has 7 nitrogen and oxygen atoms in total. The van der Waals surface area contributed by atoms with E-state index in [1.54, 1.807) is 24.3 Å². The number of likely N-dealkylation sites (tertiary alicyclic amines) is 1. The Labute approximate surface area is 196 Å². The molecule has 3 N–H and O–H groups in total. The Hall–Kier alpha value is -2.77. The Balaban J connectivity index is 1.53. The number of carboxylic acid groups (broad SMARTS) is 1. The van der Waals surface area contributed by atoms with Crippen molar-refractivity contribution < 1.29 is 19.5 Å². The van der Waals surface area contributed by atoms with Crippen LogP contribution in [0.25, 0.3) is 0 Å². The highest BCUT2D eigenvalue weighted by Gasteiger charge is 2.43. The van der Waals surface area contributed by atoms with E-state index in [0.717, 1.165) is 16.0 Å². The van der Waals surface area contributed by atoms with Gasteiger partial charge < -0.3 is 20.6 Å². The molecule has 0 radical (unpaired) electrons. The van der Waals surface area contributed by atoms with Gasteiger partial charge in [-0.25, -0.2) is 4.79 Å². The molecular formula is C23H25Cl2N3O4. The zero-order chi connectivity index (χ0) is 23.1. The molecule has 1 fully saturated rings. The lowest BCUT2D eigenvalue weighted by Gasteiger charge is -2.17. The lowest BCUT2D eigenvalue weighted by Crippen LogP contribution is -2.42. The lowest BCUT2D eigenvalue weighted by atomic mass is 9.94. The number of benzene rings is 2. The van der Waals surface area contributed by atoms with E-state index in [-0.39, 0.29) is 24.9 Å². The molecule has 3 amide bonds. The number of carbonyl (C=O) groups excluding carboxylic acids is 2. The summed E-state index contributed by atoms with van der Waals surface area (Å²) in [5.41, 5.74) is 2.04. The maximum Gasteiger partial charge on any atom is 0.407 e. The number of hydrogen-bond acceptors (Lipinski definition) is 3. The lowest BCUT2D eigenvalue weighted by molar-refractivity contribution is -0.132. The SMILES string of the molecule is O=C(NCCc1ccc(Cl)cc1)C1CN(C(=O)O)CC1C(=O)NCCc1ccc(Cl)cc1. The summed E-state index contributed by atoms with van der Waals surface area (Å²) in [7, 11) is 0. The van der Waals surface area contributed by atoms with Crippen molar-refractivity contribution in [2.24, 2.45) is 11.8 Å². The first kappa shape index (κ1) is 23.9. The van der Waals surface area contributed by atoms with E-state index in [2.05, 4.69) is 10.6 Å². The number of nitrogens with zero attached hydrogens (tertiary/aromatic N) is 1. The molecule has 1 saturated heterocycles. The molecule has 2 aromatic rings. The molecule has 0 spiro atoms. The first-order valence-corrected chi connectivity index (χ1v) is 11.1. The summed E-state index contributed by atoms with van der Waals surface area (Å²) in [5, 5.41) is 16.3. The molecule has 2 aromatic carbocycles. The molecule has 170 valence electrons. The molecule has 0 bridgehead atoms. The normalized spacial score (nSPS) is 17.8. The highest BCUT2D eigenvalue weighted by molar-refractivity contribution is 6.30. The third-order valence-corrected chi connectivity index (χ3v) is 6.02. The third kappa shape index (κ3) is 6.61. The predicted octanol–water partition coefficient (Wildman–Crippen LogP) is 3.24. The fraction of sp³-hybridized carbons (Fsp3) is 0.348. The van der Waals surface area contributed by atoms with E-state index in [0.29, 0.717) is 36.0 Å². The number of hydrogen-bond donors (Lipinski definition) is 3. The van der Waals surface area contributed by atoms with Crippen molar-refractivity contribution in [3.63, 3.8) is 0 Å². The van der Waals surface area contributed by atoms with Gasteiger partial charge >= 0.3 is 6.09 Å². The molecule has 32 heavy (non-hydrogen) atoms. The fourth-order valence-corrected chi connectivity index (χ4v) is 3.97. The standard InChI is InChI=1S/C23H25Cl2N3O4/c24-17-5-1-15(2-6-17)9-11-26-21(29)19-13-28(23(31)32)14-20(19)22(30)27-12-10-16-3-7-18(25)8-4-16/h1-8,19-20H,9-14H2,(H,26,29)(H,27,30)(H,31,32). The van der Waals surface area contributed by atoms with E-state index >= 15 is 0 Å². The summed E-state index contributed by atoms with van der Waals surface area (Å²) in [6.07, 6.45) is 0.0762. The van der Waals surface area contributed by atoms with Crippen molar-refractivity contribution in [3.8, 4) is 0 Å². The van der Waals surface area contributed by atoms with Crippen molar-refractivity contribution in [1.29, 1.82) is 0 Å². The maximum atomic E-state index is 12.8. The molecule has 1 heterocycles. The quantitative estimate of drug-likeness (QED) is 0.543. The first-order chi connectivity index (χ1) is 15.3. The van der Waals surface area contributed by atoms with Gasteiger partial charge in [-0.3, -0.25) is 9.59 Å². The largest absolute Gasteiger partial charge is 0.465 e. The van der Waals surface area contributed by atoms with Gasteiger partial charge in [0, 0.05) is 36.2 Å². The Bertz CT molecular complexity index is 879. The Morgan fingerprint density at radius 1 is 0.781 bits per heavy atom. The van der Waals surface area contributed by atoms with Gasteiger partial charge in [-0.1, -0.05) is 47.5 Å². The van der Waals surface area contributed by atoms with Crippen LogP contribution in [0.1, 0.15) is 11.1 Å². The monoisotopic (exact) mass is 477 g/mol. The number of nitrogens with one attached hydrogen (secondary N) is 2. The van der Waals surface area contributed by atoms with Crippen LogP contribution >= 0.6 is 23.2 Å². The van der Waals surface area contributed by atoms with Gasteiger partial charge in [-0.2, -0.15) is 0 Å². The molecule has 2 unspecified atom stereocenters. The van der Waals surface area contributed by atoms with Crippen LogP contribution in [0.2, 0.25) is 10.0 Å². The van der Waals surface area contributed by atoms with Crippen LogP contribution in [0.4, 0.5) is 4.79 Å². The summed E-state index contributed by atoms with van der Waals surface area (Å²) in [6, 6.07) is 14.7. The van der Waals surface area contributed by atoms with E-state index < -0.39 is 17.9 Å². The highest BCUT2D eigenvalue weighted by Crippen LogP contribution is 2.24. The summed E-state index contributed by atoms with van der Waals surface area (Å²) in [5.74, 6) is -2.10. The molecule has 2 atom stereocenters. The van der Waals surface area contributed by atoms with Crippen LogP contribution in [0.5, 0.6) is 0 Å². The smallest absolute Gasteiger partial charge is 0.407 e. The molecule has 0 aromatic heterocycles. The average Bonchev–Trinajstić information content (AvgIpc) is 3.22. The molecule has 1 aliphatic heterocycles. The fourth-order valence-electron chi connectivity index (χ4n) is 3.72. The maximum absolute atomic E-state index is 12.8. The molecule has 3 rings (SSSR count). The highest BCUT2D eigenvalue weighted by atomic mass is 35.5.